The Kier molecular flexibility index (Phi) is 6.54. The number of aromatic nitrogens is 1. The number of amides is 1. The second kappa shape index (κ2) is 9.28. The number of likely N-dealkylation sites (tertiary alicyclic amines) is 1. The van der Waals surface area contributed by atoms with E-state index in [4.69, 9.17) is 4.74 Å². The van der Waals surface area contributed by atoms with Gasteiger partial charge in [0.1, 0.15) is 0 Å². The molecule has 0 spiro atoms. The first kappa shape index (κ1) is 19.0. The zero-order chi connectivity index (χ0) is 19.1. The van der Waals surface area contributed by atoms with Gasteiger partial charge in [0.05, 0.1) is 18.2 Å². The fraction of sp³-hybridized carbons (Fsp3) is 0.381. The first-order valence-electron chi connectivity index (χ1n) is 9.38. The minimum Gasteiger partial charge on any atom is -0.462 e. The van der Waals surface area contributed by atoms with Gasteiger partial charge < -0.3 is 10.1 Å². The largest absolute Gasteiger partial charge is 0.462 e. The van der Waals surface area contributed by atoms with Gasteiger partial charge in [0.15, 0.2) is 0 Å². The monoisotopic (exact) mass is 367 g/mol. The molecule has 6 nitrogen and oxygen atoms in total. The number of carbonyl (C=O) groups is 2. The first-order valence-corrected chi connectivity index (χ1v) is 9.38. The lowest BCUT2D eigenvalue weighted by molar-refractivity contribution is -0.122. The molecule has 27 heavy (non-hydrogen) atoms. The molecule has 2 heterocycles. The summed E-state index contributed by atoms with van der Waals surface area (Å²) < 4.78 is 5.02. The number of nitrogens with zero attached hydrogens (tertiary/aromatic N) is 2. The van der Waals surface area contributed by atoms with E-state index < -0.39 is 0 Å². The summed E-state index contributed by atoms with van der Waals surface area (Å²) in [6, 6.07) is 10.7. The predicted molar refractivity (Wildman–Crippen MR) is 103 cm³/mol. The van der Waals surface area contributed by atoms with Gasteiger partial charge in [-0.1, -0.05) is 12.5 Å². The summed E-state index contributed by atoms with van der Waals surface area (Å²) in [5.41, 5.74) is 2.20. The van der Waals surface area contributed by atoms with Gasteiger partial charge in [-0.15, -0.1) is 0 Å². The number of rotatable bonds is 6. The molecule has 0 aliphatic carbocycles. The molecule has 1 fully saturated rings. The summed E-state index contributed by atoms with van der Waals surface area (Å²) in [5.74, 6) is -0.421. The Morgan fingerprint density at radius 3 is 2.81 bits per heavy atom. The second-order valence-corrected chi connectivity index (χ2v) is 6.63. The van der Waals surface area contributed by atoms with Gasteiger partial charge in [-0.25, -0.2) is 4.79 Å². The van der Waals surface area contributed by atoms with Crippen LogP contribution in [0.3, 0.4) is 0 Å². The summed E-state index contributed by atoms with van der Waals surface area (Å²) in [7, 11) is 0. The number of hydrogen-bond donors (Lipinski definition) is 1. The molecule has 1 N–H and O–H groups in total. The van der Waals surface area contributed by atoms with Crippen LogP contribution < -0.4 is 5.32 Å². The molecule has 1 unspecified atom stereocenters. The van der Waals surface area contributed by atoms with Crippen LogP contribution >= 0.6 is 0 Å². The van der Waals surface area contributed by atoms with Crippen LogP contribution in [0.5, 0.6) is 0 Å². The fourth-order valence-corrected chi connectivity index (χ4v) is 3.36. The number of anilines is 1. The van der Waals surface area contributed by atoms with E-state index in [9.17, 15) is 9.59 Å². The van der Waals surface area contributed by atoms with E-state index in [1.165, 1.54) is 0 Å². The third-order valence-electron chi connectivity index (χ3n) is 4.69. The Morgan fingerprint density at radius 1 is 1.22 bits per heavy atom. The van der Waals surface area contributed by atoms with Crippen molar-refractivity contribution in [3.63, 3.8) is 0 Å². The van der Waals surface area contributed by atoms with Crippen LogP contribution in [0.15, 0.2) is 48.8 Å². The molecule has 3 rings (SSSR count). The molecule has 1 aliphatic heterocycles. The minimum absolute atomic E-state index is 0.0373. The van der Waals surface area contributed by atoms with Gasteiger partial charge >= 0.3 is 5.97 Å². The molecule has 1 aromatic heterocycles. The molecule has 1 aromatic carbocycles. The van der Waals surface area contributed by atoms with Crippen molar-refractivity contribution in [3.05, 3.63) is 59.9 Å². The van der Waals surface area contributed by atoms with Crippen LogP contribution in [-0.4, -0.2) is 41.0 Å². The lowest BCUT2D eigenvalue weighted by Gasteiger charge is -2.34. The van der Waals surface area contributed by atoms with Crippen molar-refractivity contribution in [2.24, 2.45) is 0 Å². The van der Waals surface area contributed by atoms with Gasteiger partial charge in [0.2, 0.25) is 5.91 Å². The SMILES string of the molecule is CCOC(=O)c1cccc(NC(=O)C2CCCCN2Cc2ccncc2)c1. The molecule has 1 atom stereocenters. The summed E-state index contributed by atoms with van der Waals surface area (Å²) in [6.07, 6.45) is 6.50. The quantitative estimate of drug-likeness (QED) is 0.794. The molecule has 0 bridgehead atoms. The third-order valence-corrected chi connectivity index (χ3v) is 4.69. The zero-order valence-corrected chi connectivity index (χ0v) is 15.6. The van der Waals surface area contributed by atoms with Crippen molar-refractivity contribution in [1.82, 2.24) is 9.88 Å². The standard InChI is InChI=1S/C21H25N3O3/c1-2-27-21(26)17-6-5-7-18(14-17)23-20(25)19-8-3-4-13-24(19)15-16-9-11-22-12-10-16/h5-7,9-12,14,19H,2-4,8,13,15H2,1H3,(H,23,25). The van der Waals surface area contributed by atoms with E-state index in [0.29, 0.717) is 17.9 Å². The van der Waals surface area contributed by atoms with Crippen LogP contribution in [0.25, 0.3) is 0 Å². The van der Waals surface area contributed by atoms with Crippen molar-refractivity contribution >= 4 is 17.6 Å². The van der Waals surface area contributed by atoms with Gasteiger partial charge in [0.25, 0.3) is 0 Å². The maximum Gasteiger partial charge on any atom is 0.338 e. The number of piperidine rings is 1. The zero-order valence-electron chi connectivity index (χ0n) is 15.6. The average Bonchev–Trinajstić information content (AvgIpc) is 2.69. The Hall–Kier alpha value is -2.73. The van der Waals surface area contributed by atoms with Crippen LogP contribution in [0.1, 0.15) is 42.1 Å². The number of esters is 1. The highest BCUT2D eigenvalue weighted by Crippen LogP contribution is 2.21. The van der Waals surface area contributed by atoms with Crippen LogP contribution in [0.2, 0.25) is 0 Å². The van der Waals surface area contributed by atoms with Gasteiger partial charge in [-0.3, -0.25) is 14.7 Å². The molecule has 1 amide bonds. The lowest BCUT2D eigenvalue weighted by Crippen LogP contribution is -2.46. The van der Waals surface area contributed by atoms with E-state index in [2.05, 4.69) is 15.2 Å². The third kappa shape index (κ3) is 5.14. The Bertz CT molecular complexity index is 779. The number of pyridine rings is 1. The number of hydrogen-bond acceptors (Lipinski definition) is 5. The van der Waals surface area contributed by atoms with E-state index in [0.717, 1.165) is 37.9 Å². The number of carbonyl (C=O) groups excluding carboxylic acids is 2. The Balaban J connectivity index is 1.68. The number of benzene rings is 1. The van der Waals surface area contributed by atoms with Crippen LogP contribution in [0.4, 0.5) is 5.69 Å². The fourth-order valence-electron chi connectivity index (χ4n) is 3.36. The molecule has 1 aliphatic rings. The van der Waals surface area contributed by atoms with Crippen molar-refractivity contribution < 1.29 is 14.3 Å². The van der Waals surface area contributed by atoms with Crippen molar-refractivity contribution in [3.8, 4) is 0 Å². The van der Waals surface area contributed by atoms with Crippen molar-refractivity contribution in [1.29, 1.82) is 0 Å². The van der Waals surface area contributed by atoms with Gasteiger partial charge in [0, 0.05) is 24.6 Å². The van der Waals surface area contributed by atoms with E-state index in [-0.39, 0.29) is 17.9 Å². The van der Waals surface area contributed by atoms with E-state index in [1.807, 2.05) is 12.1 Å². The van der Waals surface area contributed by atoms with Crippen molar-refractivity contribution in [2.45, 2.75) is 38.8 Å². The van der Waals surface area contributed by atoms with Crippen molar-refractivity contribution in [2.75, 3.05) is 18.5 Å². The summed E-state index contributed by atoms with van der Waals surface area (Å²) in [4.78, 5) is 31.0. The summed E-state index contributed by atoms with van der Waals surface area (Å²) in [6.45, 7) is 3.71. The highest BCUT2D eigenvalue weighted by atomic mass is 16.5. The van der Waals surface area contributed by atoms with Gasteiger partial charge in [-0.2, -0.15) is 0 Å². The van der Waals surface area contributed by atoms with E-state index in [1.54, 1.807) is 43.6 Å². The molecule has 2 aromatic rings. The molecule has 0 radical (unpaired) electrons. The Labute approximate surface area is 159 Å². The topological polar surface area (TPSA) is 71.5 Å². The molecule has 0 saturated carbocycles. The van der Waals surface area contributed by atoms with Crippen LogP contribution in [0, 0.1) is 0 Å². The van der Waals surface area contributed by atoms with Gasteiger partial charge in [-0.05, 0) is 62.2 Å². The molecular weight excluding hydrogens is 342 g/mol. The smallest absolute Gasteiger partial charge is 0.338 e. The average molecular weight is 367 g/mol. The summed E-state index contributed by atoms with van der Waals surface area (Å²) >= 11 is 0. The van der Waals surface area contributed by atoms with E-state index >= 15 is 0 Å². The molecule has 142 valence electrons. The maximum absolute atomic E-state index is 12.9. The Morgan fingerprint density at radius 2 is 2.04 bits per heavy atom. The number of ether oxygens (including phenoxy) is 1. The highest BCUT2D eigenvalue weighted by Gasteiger charge is 2.28. The highest BCUT2D eigenvalue weighted by molar-refractivity contribution is 5.97. The lowest BCUT2D eigenvalue weighted by atomic mass is 10.0. The minimum atomic E-state index is -0.384. The normalized spacial score (nSPS) is 17.3. The predicted octanol–water partition coefficient (Wildman–Crippen LogP) is 3.25. The maximum atomic E-state index is 12.9. The molecular formula is C21H25N3O3. The molecule has 6 heteroatoms. The first-order chi connectivity index (χ1) is 13.2. The summed E-state index contributed by atoms with van der Waals surface area (Å²) in [5, 5.41) is 2.96. The van der Waals surface area contributed by atoms with Crippen LogP contribution in [-0.2, 0) is 16.1 Å². The number of nitrogens with one attached hydrogen (secondary N) is 1. The molecule has 1 saturated heterocycles. The second-order valence-electron chi connectivity index (χ2n) is 6.63.